The maximum atomic E-state index is 10.3. The smallest absolute Gasteiger partial charge is 0.328 e. The second kappa shape index (κ2) is 1.38. The average molecular weight is 135 g/mol. The number of hydrogen-bond donors (Lipinski definition) is 0. The van der Waals surface area contributed by atoms with E-state index in [2.05, 4.69) is 4.74 Å². The lowest BCUT2D eigenvalue weighted by Gasteiger charge is -2.38. The van der Waals surface area contributed by atoms with E-state index in [0.29, 0.717) is 0 Å². The van der Waals surface area contributed by atoms with Crippen molar-refractivity contribution in [1.82, 2.24) is 0 Å². The normalized spacial score (nSPS) is 33.4. The van der Waals surface area contributed by atoms with E-state index in [-0.39, 0.29) is 5.97 Å². The molecule has 1 heterocycles. The standard InChI is InChI=1S/C5H7ClO2/c1-5(2)3(6)4(7)8-5/h3H,1-2H3/t3-/m1/s1. The van der Waals surface area contributed by atoms with Crippen molar-refractivity contribution in [2.75, 3.05) is 0 Å². The van der Waals surface area contributed by atoms with Gasteiger partial charge in [0.1, 0.15) is 5.60 Å². The van der Waals surface area contributed by atoms with E-state index in [1.807, 2.05) is 0 Å². The first-order chi connectivity index (χ1) is 3.54. The third kappa shape index (κ3) is 0.599. The Bertz CT molecular complexity index is 130. The van der Waals surface area contributed by atoms with Gasteiger partial charge in [-0.1, -0.05) is 0 Å². The van der Waals surface area contributed by atoms with Gasteiger partial charge in [0.2, 0.25) is 0 Å². The minimum absolute atomic E-state index is 0.309. The van der Waals surface area contributed by atoms with E-state index < -0.39 is 11.0 Å². The molecule has 2 nitrogen and oxygen atoms in total. The number of halogens is 1. The number of alkyl halides is 1. The molecule has 0 amide bonds. The van der Waals surface area contributed by atoms with Crippen molar-refractivity contribution in [3.05, 3.63) is 0 Å². The molecule has 0 aromatic rings. The fourth-order valence-corrected chi connectivity index (χ4v) is 0.678. The summed E-state index contributed by atoms with van der Waals surface area (Å²) < 4.78 is 4.67. The van der Waals surface area contributed by atoms with Gasteiger partial charge in [-0.25, -0.2) is 0 Å². The third-order valence-corrected chi connectivity index (χ3v) is 1.88. The fourth-order valence-electron chi connectivity index (χ4n) is 0.588. The Labute approximate surface area is 52.8 Å². The molecule has 0 aromatic carbocycles. The summed E-state index contributed by atoms with van der Waals surface area (Å²) in [5, 5.41) is -0.442. The van der Waals surface area contributed by atoms with Crippen molar-refractivity contribution in [1.29, 1.82) is 0 Å². The number of cyclic esters (lactones) is 1. The number of carbonyl (C=O) groups excluding carboxylic acids is 1. The van der Waals surface area contributed by atoms with Crippen molar-refractivity contribution in [3.63, 3.8) is 0 Å². The molecule has 8 heavy (non-hydrogen) atoms. The minimum atomic E-state index is -0.442. The maximum absolute atomic E-state index is 10.3. The van der Waals surface area contributed by atoms with Crippen LogP contribution >= 0.6 is 11.6 Å². The van der Waals surface area contributed by atoms with Crippen LogP contribution in [0.3, 0.4) is 0 Å². The van der Waals surface area contributed by atoms with Gasteiger partial charge >= 0.3 is 5.97 Å². The molecular formula is C5H7ClO2. The van der Waals surface area contributed by atoms with Crippen LogP contribution < -0.4 is 0 Å². The van der Waals surface area contributed by atoms with E-state index in [9.17, 15) is 4.79 Å². The number of esters is 1. The lowest BCUT2D eigenvalue weighted by molar-refractivity contribution is -0.182. The summed E-state index contributed by atoms with van der Waals surface area (Å²) in [6.07, 6.45) is 0. The van der Waals surface area contributed by atoms with Gasteiger partial charge in [-0.2, -0.15) is 0 Å². The summed E-state index contributed by atoms with van der Waals surface area (Å²) in [7, 11) is 0. The van der Waals surface area contributed by atoms with E-state index in [0.717, 1.165) is 0 Å². The zero-order valence-electron chi connectivity index (χ0n) is 4.77. The molecule has 1 aliphatic heterocycles. The Kier molecular flexibility index (Phi) is 1.01. The van der Waals surface area contributed by atoms with Gasteiger partial charge in [-0.15, -0.1) is 11.6 Å². The molecule has 0 radical (unpaired) electrons. The first-order valence-electron chi connectivity index (χ1n) is 2.41. The highest BCUT2D eigenvalue weighted by Gasteiger charge is 2.48. The van der Waals surface area contributed by atoms with Crippen LogP contribution in [0.5, 0.6) is 0 Å². The lowest BCUT2D eigenvalue weighted by Crippen LogP contribution is -2.54. The molecule has 1 fully saturated rings. The predicted octanol–water partition coefficient (Wildman–Crippen LogP) is 0.929. The van der Waals surface area contributed by atoms with Crippen molar-refractivity contribution in [2.45, 2.75) is 24.8 Å². The molecule has 0 N–H and O–H groups in total. The molecule has 0 aromatic heterocycles. The average Bonchev–Trinajstić information content (AvgIpc) is 1.65. The van der Waals surface area contributed by atoms with Gasteiger partial charge in [0.15, 0.2) is 5.38 Å². The molecule has 0 saturated carbocycles. The van der Waals surface area contributed by atoms with Gasteiger partial charge in [0.05, 0.1) is 0 Å². The molecule has 1 rings (SSSR count). The Balaban J connectivity index is 2.60. The second-order valence-corrected chi connectivity index (χ2v) is 2.82. The second-order valence-electron chi connectivity index (χ2n) is 2.39. The summed E-state index contributed by atoms with van der Waals surface area (Å²) in [6.45, 7) is 3.57. The zero-order valence-corrected chi connectivity index (χ0v) is 5.53. The van der Waals surface area contributed by atoms with Gasteiger partial charge in [-0.05, 0) is 13.8 Å². The number of rotatable bonds is 0. The third-order valence-electron chi connectivity index (χ3n) is 1.18. The van der Waals surface area contributed by atoms with Crippen molar-refractivity contribution in [3.8, 4) is 0 Å². The van der Waals surface area contributed by atoms with Gasteiger partial charge in [-0.3, -0.25) is 4.79 Å². The lowest BCUT2D eigenvalue weighted by atomic mass is 9.99. The fraction of sp³-hybridized carbons (Fsp3) is 0.800. The summed E-state index contributed by atoms with van der Waals surface area (Å²) in [4.78, 5) is 10.3. The van der Waals surface area contributed by atoms with Crippen LogP contribution in [0.4, 0.5) is 0 Å². The molecule has 3 heteroatoms. The Morgan fingerprint density at radius 3 is 2.25 bits per heavy atom. The number of carbonyl (C=O) groups is 1. The largest absolute Gasteiger partial charge is 0.456 e. The molecule has 0 spiro atoms. The molecule has 0 unspecified atom stereocenters. The Morgan fingerprint density at radius 1 is 1.75 bits per heavy atom. The maximum Gasteiger partial charge on any atom is 0.328 e. The highest BCUT2D eigenvalue weighted by atomic mass is 35.5. The monoisotopic (exact) mass is 134 g/mol. The van der Waals surface area contributed by atoms with E-state index >= 15 is 0 Å². The SMILES string of the molecule is CC1(C)OC(=O)[C@H]1Cl. The topological polar surface area (TPSA) is 26.3 Å². The van der Waals surface area contributed by atoms with E-state index in [1.54, 1.807) is 13.8 Å². The molecule has 1 aliphatic rings. The predicted molar refractivity (Wildman–Crippen MR) is 29.8 cm³/mol. The summed E-state index contributed by atoms with van der Waals surface area (Å²) in [6, 6.07) is 0. The number of ether oxygens (including phenoxy) is 1. The van der Waals surface area contributed by atoms with Crippen LogP contribution in [0, 0.1) is 0 Å². The molecule has 1 atom stereocenters. The molecule has 1 saturated heterocycles. The zero-order chi connectivity index (χ0) is 6.36. The minimum Gasteiger partial charge on any atom is -0.456 e. The summed E-state index contributed by atoms with van der Waals surface area (Å²) in [5.74, 6) is -0.309. The van der Waals surface area contributed by atoms with Crippen molar-refractivity contribution < 1.29 is 9.53 Å². The van der Waals surface area contributed by atoms with Gasteiger partial charge in [0, 0.05) is 0 Å². The van der Waals surface area contributed by atoms with Crippen LogP contribution in [0.15, 0.2) is 0 Å². The van der Waals surface area contributed by atoms with Crippen LogP contribution in [-0.2, 0) is 9.53 Å². The Hall–Kier alpha value is -0.240. The van der Waals surface area contributed by atoms with Crippen LogP contribution in [0.25, 0.3) is 0 Å². The van der Waals surface area contributed by atoms with Gasteiger partial charge in [0.25, 0.3) is 0 Å². The highest BCUT2D eigenvalue weighted by molar-refractivity contribution is 6.32. The first kappa shape index (κ1) is 5.89. The van der Waals surface area contributed by atoms with Crippen LogP contribution in [-0.4, -0.2) is 16.9 Å². The van der Waals surface area contributed by atoms with E-state index in [4.69, 9.17) is 11.6 Å². The quantitative estimate of drug-likeness (QED) is 0.364. The molecule has 0 aliphatic carbocycles. The summed E-state index contributed by atoms with van der Waals surface area (Å²) >= 11 is 5.52. The molecule has 0 bridgehead atoms. The van der Waals surface area contributed by atoms with Crippen molar-refractivity contribution >= 4 is 17.6 Å². The molecule has 46 valence electrons. The summed E-state index contributed by atoms with van der Waals surface area (Å²) in [5.41, 5.74) is -0.432. The first-order valence-corrected chi connectivity index (χ1v) is 2.84. The molecular weight excluding hydrogens is 128 g/mol. The number of hydrogen-bond acceptors (Lipinski definition) is 2. The highest BCUT2D eigenvalue weighted by Crippen LogP contribution is 2.31. The van der Waals surface area contributed by atoms with Crippen LogP contribution in [0.1, 0.15) is 13.8 Å². The Morgan fingerprint density at radius 2 is 2.25 bits per heavy atom. The van der Waals surface area contributed by atoms with Crippen LogP contribution in [0.2, 0.25) is 0 Å². The van der Waals surface area contributed by atoms with E-state index in [1.165, 1.54) is 0 Å². The van der Waals surface area contributed by atoms with Crippen molar-refractivity contribution in [2.24, 2.45) is 0 Å². The van der Waals surface area contributed by atoms with Gasteiger partial charge < -0.3 is 4.74 Å².